The van der Waals surface area contributed by atoms with Crippen molar-refractivity contribution >= 4 is 24.0 Å². The molecule has 9 rings (SSSR count). The number of methoxy groups -OCH3 is 3. The number of hydrogen-bond acceptors (Lipinski definition) is 10. The van der Waals surface area contributed by atoms with Crippen LogP contribution in [0.25, 0.3) is 33.6 Å². The van der Waals surface area contributed by atoms with Crippen molar-refractivity contribution in [1.82, 2.24) is 40.4 Å². The molecule has 0 spiro atoms. The highest BCUT2D eigenvalue weighted by Crippen LogP contribution is 2.46. The summed E-state index contributed by atoms with van der Waals surface area (Å²) < 4.78 is 21.8. The molecule has 3 aliphatic heterocycles. The summed E-state index contributed by atoms with van der Waals surface area (Å²) in [6.07, 6.45) is 4.24. The second kappa shape index (κ2) is 18.1. The van der Waals surface area contributed by atoms with Gasteiger partial charge in [0.05, 0.1) is 56.2 Å². The zero-order valence-corrected chi connectivity index (χ0v) is 37.6. The number of aromatic amines is 2. The predicted octanol–water partition coefficient (Wildman–Crippen LogP) is 7.19. The number of nitrogens with zero attached hydrogens (tertiary/aromatic N) is 4. The molecule has 6 atom stereocenters. The molecular formula is C49H56N8O8. The Bertz CT molecular complexity index is 2610. The summed E-state index contributed by atoms with van der Waals surface area (Å²) in [6, 6.07) is 17.6. The number of alkyl carbamates (subject to hydrolysis) is 2. The van der Waals surface area contributed by atoms with E-state index in [1.54, 1.807) is 7.11 Å². The standard InChI is InChI=1S/C49H56N8O8/c1-26(2)41(54-48(60)63-5)47(59)57-27(3)12-17-38(57)44-50-22-37(52-44)31-13-15-33-32(19-31)25-65-40-21-34-30(20-35(33)40)14-16-36-43(34)53-45(51-36)39-18-28(24-62-4)23-56(39)46(58)42(55-49(61)64-6)29-10-8-7-9-11-29/h7-11,13,15,19-22,26-28,38-39,41-42H,12,14,16-18,23-25H2,1-6H3,(H,50,52)(H,51,53)(H,54,60)(H,55,61)/t27-,28-,38-,39-,41-,42+/m0/s1. The van der Waals surface area contributed by atoms with Gasteiger partial charge in [-0.15, -0.1) is 0 Å². The fraction of sp³-hybridized carbons (Fsp3) is 0.429. The number of fused-ring (bicyclic) bond motifs is 6. The third kappa shape index (κ3) is 8.31. The van der Waals surface area contributed by atoms with Crippen molar-refractivity contribution < 1.29 is 38.1 Å². The number of rotatable bonds is 11. The lowest BCUT2D eigenvalue weighted by Crippen LogP contribution is -2.52. The van der Waals surface area contributed by atoms with Crippen LogP contribution in [0.3, 0.4) is 0 Å². The Balaban J connectivity index is 0.959. The molecule has 3 aromatic carbocycles. The average molecular weight is 885 g/mol. The number of ether oxygens (including phenoxy) is 4. The Hall–Kier alpha value is -6.68. The van der Waals surface area contributed by atoms with Gasteiger partial charge in [-0.25, -0.2) is 19.6 Å². The van der Waals surface area contributed by atoms with Crippen molar-refractivity contribution in [3.63, 3.8) is 0 Å². The van der Waals surface area contributed by atoms with Gasteiger partial charge in [0, 0.05) is 36.7 Å². The highest BCUT2D eigenvalue weighted by Gasteiger charge is 2.43. The molecule has 4 amide bonds. The Morgan fingerprint density at radius 2 is 1.63 bits per heavy atom. The van der Waals surface area contributed by atoms with Crippen LogP contribution in [0.15, 0.2) is 66.9 Å². The second-order valence-corrected chi connectivity index (χ2v) is 17.9. The molecule has 0 saturated carbocycles. The number of imidazole rings is 2. The van der Waals surface area contributed by atoms with Crippen LogP contribution >= 0.6 is 0 Å². The molecule has 16 heteroatoms. The van der Waals surface area contributed by atoms with Crippen molar-refractivity contribution in [3.05, 3.63) is 101 Å². The van der Waals surface area contributed by atoms with Crippen LogP contribution in [0.1, 0.15) is 92.2 Å². The Kier molecular flexibility index (Phi) is 12.1. The lowest BCUT2D eigenvalue weighted by atomic mass is 9.86. The number of carbonyl (C=O) groups is 4. The van der Waals surface area contributed by atoms with E-state index >= 15 is 0 Å². The topological polar surface area (TPSA) is 193 Å². The van der Waals surface area contributed by atoms with Crippen LogP contribution in [0.2, 0.25) is 0 Å². The molecule has 4 aliphatic rings. The second-order valence-electron chi connectivity index (χ2n) is 17.9. The number of amides is 4. The molecule has 0 radical (unpaired) electrons. The molecule has 1 aliphatic carbocycles. The van der Waals surface area contributed by atoms with Gasteiger partial charge in [-0.1, -0.05) is 56.3 Å². The van der Waals surface area contributed by atoms with Crippen LogP contribution in [0, 0.1) is 11.8 Å². The van der Waals surface area contributed by atoms with E-state index in [0.717, 1.165) is 76.3 Å². The summed E-state index contributed by atoms with van der Waals surface area (Å²) in [5.74, 6) is 1.75. The van der Waals surface area contributed by atoms with Gasteiger partial charge in [0.25, 0.3) is 5.91 Å². The minimum absolute atomic E-state index is 0.0195. The summed E-state index contributed by atoms with van der Waals surface area (Å²) >= 11 is 0. The largest absolute Gasteiger partial charge is 0.488 e. The number of nitrogens with one attached hydrogen (secondary N) is 4. The fourth-order valence-electron chi connectivity index (χ4n) is 10.1. The van der Waals surface area contributed by atoms with Crippen LogP contribution in [0.4, 0.5) is 9.59 Å². The maximum Gasteiger partial charge on any atom is 0.407 e. The number of likely N-dealkylation sites (tertiary alicyclic amines) is 2. The Morgan fingerprint density at radius 3 is 2.38 bits per heavy atom. The normalized spacial score (nSPS) is 20.5. The average Bonchev–Trinajstić information content (AvgIpc) is 4.15. The third-order valence-corrected chi connectivity index (χ3v) is 13.4. The number of aryl methyl sites for hydroxylation is 2. The van der Waals surface area contributed by atoms with E-state index in [1.807, 2.05) is 67.1 Å². The highest BCUT2D eigenvalue weighted by atomic mass is 16.5. The number of H-pyrrole nitrogens is 2. The van der Waals surface area contributed by atoms with Crippen molar-refractivity contribution in [2.45, 2.75) is 89.7 Å². The highest BCUT2D eigenvalue weighted by molar-refractivity contribution is 5.88. The molecule has 2 aromatic heterocycles. The van der Waals surface area contributed by atoms with Crippen molar-refractivity contribution in [1.29, 1.82) is 0 Å². The molecule has 340 valence electrons. The molecule has 5 heterocycles. The molecule has 0 unspecified atom stereocenters. The van der Waals surface area contributed by atoms with Gasteiger partial charge >= 0.3 is 12.2 Å². The lowest BCUT2D eigenvalue weighted by Gasteiger charge is -2.32. The van der Waals surface area contributed by atoms with Gasteiger partial charge in [0.2, 0.25) is 5.91 Å². The summed E-state index contributed by atoms with van der Waals surface area (Å²) in [6.45, 7) is 7.16. The van der Waals surface area contributed by atoms with E-state index in [2.05, 4.69) is 50.9 Å². The first-order valence-electron chi connectivity index (χ1n) is 22.4. The summed E-state index contributed by atoms with van der Waals surface area (Å²) in [7, 11) is 4.24. The maximum atomic E-state index is 14.4. The minimum atomic E-state index is -0.941. The zero-order valence-electron chi connectivity index (χ0n) is 37.6. The summed E-state index contributed by atoms with van der Waals surface area (Å²) in [4.78, 5) is 73.7. The molecule has 4 N–H and O–H groups in total. The van der Waals surface area contributed by atoms with Gasteiger partial charge in [0.1, 0.15) is 36.1 Å². The van der Waals surface area contributed by atoms with Gasteiger partial charge in [-0.3, -0.25) is 9.59 Å². The smallest absolute Gasteiger partial charge is 0.407 e. The maximum absolute atomic E-state index is 14.4. The van der Waals surface area contributed by atoms with Gasteiger partial charge in [-0.05, 0) is 91.0 Å². The monoisotopic (exact) mass is 884 g/mol. The third-order valence-electron chi connectivity index (χ3n) is 13.4. The van der Waals surface area contributed by atoms with E-state index in [-0.39, 0.29) is 41.8 Å². The van der Waals surface area contributed by atoms with Gasteiger partial charge < -0.3 is 49.3 Å². The number of hydrogen-bond donors (Lipinski definition) is 4. The fourth-order valence-corrected chi connectivity index (χ4v) is 10.1. The van der Waals surface area contributed by atoms with Gasteiger partial charge in [-0.2, -0.15) is 0 Å². The van der Waals surface area contributed by atoms with Crippen molar-refractivity contribution in [2.75, 3.05) is 34.5 Å². The van der Waals surface area contributed by atoms with Crippen molar-refractivity contribution in [2.24, 2.45) is 11.8 Å². The molecule has 0 bridgehead atoms. The SMILES string of the molecule is COC[C@H]1C[C@@H](c2nc3c([nH]2)-c2cc4c(cc2CC3)-c2ccc(-c3cnc([C@@H]5CC[C@H](C)N5C(=O)[C@@H](NC(=O)OC)C(C)C)[nH]3)cc2CO4)N(C(=O)[C@H](NC(=O)OC)c2ccccc2)C1. The van der Waals surface area contributed by atoms with Crippen molar-refractivity contribution in [3.8, 4) is 39.4 Å². The molecule has 65 heavy (non-hydrogen) atoms. The Morgan fingerprint density at radius 1 is 0.846 bits per heavy atom. The lowest BCUT2D eigenvalue weighted by molar-refractivity contribution is -0.137. The molecule has 2 saturated heterocycles. The summed E-state index contributed by atoms with van der Waals surface area (Å²) in [5.41, 5.74) is 9.72. The van der Waals surface area contributed by atoms with E-state index in [9.17, 15) is 19.2 Å². The number of aromatic nitrogens is 4. The van der Waals surface area contributed by atoms with Crippen LogP contribution < -0.4 is 15.4 Å². The first-order chi connectivity index (χ1) is 31.5. The van der Waals surface area contributed by atoms with E-state index < -0.39 is 24.3 Å². The van der Waals surface area contributed by atoms with E-state index in [4.69, 9.17) is 28.9 Å². The predicted molar refractivity (Wildman–Crippen MR) is 240 cm³/mol. The number of carbonyl (C=O) groups excluding carboxylic acids is 4. The van der Waals surface area contributed by atoms with E-state index in [1.165, 1.54) is 19.8 Å². The van der Waals surface area contributed by atoms with Crippen LogP contribution in [-0.2, 0) is 43.2 Å². The Labute approximate surface area is 377 Å². The molecule has 16 nitrogen and oxygen atoms in total. The number of benzene rings is 3. The summed E-state index contributed by atoms with van der Waals surface area (Å²) in [5, 5.41) is 5.49. The first kappa shape index (κ1) is 43.6. The van der Waals surface area contributed by atoms with E-state index in [0.29, 0.717) is 43.4 Å². The zero-order chi connectivity index (χ0) is 45.5. The quantitative estimate of drug-likeness (QED) is 0.106. The van der Waals surface area contributed by atoms with Crippen LogP contribution in [-0.4, -0.2) is 100 Å². The molecule has 2 fully saturated rings. The minimum Gasteiger partial charge on any atom is -0.488 e. The molecule has 5 aromatic rings. The first-order valence-corrected chi connectivity index (χ1v) is 22.4. The molecular weight excluding hydrogens is 829 g/mol. The van der Waals surface area contributed by atoms with Crippen LogP contribution in [0.5, 0.6) is 5.75 Å². The van der Waals surface area contributed by atoms with Gasteiger partial charge in [0.15, 0.2) is 0 Å².